The molecule has 1 heterocycles. The summed E-state index contributed by atoms with van der Waals surface area (Å²) in [6.07, 6.45) is -3.04. The summed E-state index contributed by atoms with van der Waals surface area (Å²) in [5, 5.41) is 0. The van der Waals surface area contributed by atoms with Gasteiger partial charge in [-0.3, -0.25) is 9.69 Å². The highest BCUT2D eigenvalue weighted by Gasteiger charge is 2.64. The number of carbonyl (C=O) groups is 1. The molecule has 2 fully saturated rings. The summed E-state index contributed by atoms with van der Waals surface area (Å²) < 4.78 is 43.6. The predicted molar refractivity (Wildman–Crippen MR) is 93.6 cm³/mol. The molecule has 0 aromatic heterocycles. The molecule has 0 spiro atoms. The molecule has 2 N–H and O–H groups in total. The summed E-state index contributed by atoms with van der Waals surface area (Å²) in [4.78, 5) is 16.1. The molecular weight excluding hydrogens is 347 g/mol. The molecule has 3 unspecified atom stereocenters. The smallest absolute Gasteiger partial charge is 0.378 e. The fraction of sp³-hybridized carbons (Fsp3) is 0.944. The first-order chi connectivity index (χ1) is 11.9. The minimum absolute atomic E-state index is 0.0396. The Hall–Kier alpha value is -0.860. The quantitative estimate of drug-likeness (QED) is 0.737. The van der Waals surface area contributed by atoms with E-state index >= 15 is 0 Å². The Kier molecular flexibility index (Phi) is 6.30. The lowest BCUT2D eigenvalue weighted by Gasteiger charge is -2.58. The number of ether oxygens (including phenoxy) is 1. The van der Waals surface area contributed by atoms with E-state index < -0.39 is 23.7 Å². The van der Waals surface area contributed by atoms with Crippen LogP contribution >= 0.6 is 0 Å². The Morgan fingerprint density at radius 2 is 2.00 bits per heavy atom. The average Bonchev–Trinajstić information content (AvgIpc) is 3.00. The molecule has 1 aliphatic heterocycles. The van der Waals surface area contributed by atoms with Gasteiger partial charge in [0.05, 0.1) is 12.6 Å². The largest absolute Gasteiger partial charge is 0.401 e. The molecule has 0 aromatic rings. The molecule has 8 heteroatoms. The van der Waals surface area contributed by atoms with Crippen LogP contribution in [0.25, 0.3) is 0 Å². The van der Waals surface area contributed by atoms with Crippen molar-refractivity contribution in [3.8, 4) is 0 Å². The first-order valence-electron chi connectivity index (χ1n) is 9.43. The zero-order valence-corrected chi connectivity index (χ0v) is 16.2. The van der Waals surface area contributed by atoms with Crippen LogP contribution < -0.4 is 5.73 Å². The van der Waals surface area contributed by atoms with Crippen molar-refractivity contribution >= 4 is 5.91 Å². The van der Waals surface area contributed by atoms with Crippen LogP contribution in [0.15, 0.2) is 0 Å². The van der Waals surface area contributed by atoms with Crippen molar-refractivity contribution in [1.82, 2.24) is 9.80 Å². The zero-order valence-electron chi connectivity index (χ0n) is 16.2. The number of rotatable bonds is 7. The minimum atomic E-state index is -4.20. The van der Waals surface area contributed by atoms with Crippen LogP contribution in [0.1, 0.15) is 40.5 Å². The topological polar surface area (TPSA) is 58.8 Å². The molecule has 26 heavy (non-hydrogen) atoms. The second kappa shape index (κ2) is 7.64. The normalized spacial score (nSPS) is 31.3. The summed E-state index contributed by atoms with van der Waals surface area (Å²) in [6, 6.07) is 0. The number of amides is 1. The maximum atomic E-state index is 13.0. The Morgan fingerprint density at radius 3 is 2.50 bits per heavy atom. The maximum Gasteiger partial charge on any atom is 0.401 e. The Balaban J connectivity index is 1.93. The van der Waals surface area contributed by atoms with E-state index in [2.05, 4.69) is 0 Å². The number of hydrogen-bond donors (Lipinski definition) is 1. The molecule has 0 aromatic carbocycles. The van der Waals surface area contributed by atoms with E-state index in [0.29, 0.717) is 45.6 Å². The molecule has 2 aliphatic rings. The van der Waals surface area contributed by atoms with E-state index in [1.54, 1.807) is 11.8 Å². The molecule has 152 valence electrons. The molecule has 5 nitrogen and oxygen atoms in total. The van der Waals surface area contributed by atoms with Gasteiger partial charge in [-0.2, -0.15) is 13.2 Å². The van der Waals surface area contributed by atoms with Crippen LogP contribution in [0.5, 0.6) is 0 Å². The number of alkyl halides is 3. The summed E-state index contributed by atoms with van der Waals surface area (Å²) in [5.74, 6) is -0.0458. The molecule has 1 saturated heterocycles. The number of carbonyl (C=O) groups excluding carboxylic acids is 1. The second-order valence-corrected chi connectivity index (χ2v) is 8.19. The van der Waals surface area contributed by atoms with Crippen LogP contribution in [0.4, 0.5) is 13.2 Å². The molecule has 1 aliphatic carbocycles. The van der Waals surface area contributed by atoms with Gasteiger partial charge in [-0.05, 0) is 25.8 Å². The zero-order chi connectivity index (χ0) is 19.8. The highest BCUT2D eigenvalue weighted by atomic mass is 19.4. The van der Waals surface area contributed by atoms with Gasteiger partial charge < -0.3 is 15.4 Å². The fourth-order valence-electron chi connectivity index (χ4n) is 4.17. The summed E-state index contributed by atoms with van der Waals surface area (Å²) in [7, 11) is 0. The SMILES string of the molecule is CCOC1CC(N)(C(=O)N2CCC(CN(CC)CC(F)(F)F)C2)C1(C)C. The van der Waals surface area contributed by atoms with Crippen molar-refractivity contribution in [3.63, 3.8) is 0 Å². The highest BCUT2D eigenvalue weighted by Crippen LogP contribution is 2.50. The van der Waals surface area contributed by atoms with Crippen LogP contribution in [0.3, 0.4) is 0 Å². The molecule has 1 saturated carbocycles. The lowest BCUT2D eigenvalue weighted by molar-refractivity contribution is -0.178. The molecule has 2 rings (SSSR count). The third-order valence-corrected chi connectivity index (χ3v) is 6.15. The van der Waals surface area contributed by atoms with Gasteiger partial charge in [-0.25, -0.2) is 0 Å². The number of nitrogens with two attached hydrogens (primary N) is 1. The minimum Gasteiger partial charge on any atom is -0.378 e. The van der Waals surface area contributed by atoms with Crippen LogP contribution in [0, 0.1) is 11.3 Å². The number of likely N-dealkylation sites (tertiary alicyclic amines) is 1. The van der Waals surface area contributed by atoms with Crippen molar-refractivity contribution in [1.29, 1.82) is 0 Å². The molecule has 3 atom stereocenters. The first-order valence-corrected chi connectivity index (χ1v) is 9.43. The Bertz CT molecular complexity index is 512. The summed E-state index contributed by atoms with van der Waals surface area (Å²) >= 11 is 0. The number of nitrogens with zero attached hydrogens (tertiary/aromatic N) is 2. The van der Waals surface area contributed by atoms with Crippen LogP contribution in [-0.2, 0) is 9.53 Å². The molecule has 0 bridgehead atoms. The Morgan fingerprint density at radius 1 is 1.35 bits per heavy atom. The van der Waals surface area contributed by atoms with Gasteiger partial charge in [0, 0.05) is 38.1 Å². The Labute approximate surface area is 154 Å². The monoisotopic (exact) mass is 379 g/mol. The van der Waals surface area contributed by atoms with Crippen molar-refractivity contribution in [2.75, 3.05) is 39.3 Å². The van der Waals surface area contributed by atoms with Gasteiger partial charge in [0.25, 0.3) is 0 Å². The van der Waals surface area contributed by atoms with Crippen LogP contribution in [0.2, 0.25) is 0 Å². The van der Waals surface area contributed by atoms with Crippen molar-refractivity contribution in [2.24, 2.45) is 17.1 Å². The standard InChI is InChI=1S/C18H32F3N3O2/c1-5-23(12-18(19,20)21)10-13-7-8-24(11-13)15(25)17(22)9-14(26-6-2)16(17,3)4/h13-14H,5-12,22H2,1-4H3. The van der Waals surface area contributed by atoms with E-state index in [4.69, 9.17) is 10.5 Å². The van der Waals surface area contributed by atoms with Crippen molar-refractivity contribution in [2.45, 2.75) is 58.4 Å². The lowest BCUT2D eigenvalue weighted by atomic mass is 9.54. The van der Waals surface area contributed by atoms with Gasteiger partial charge in [0.2, 0.25) is 5.91 Å². The first kappa shape index (κ1) is 21.4. The fourth-order valence-corrected chi connectivity index (χ4v) is 4.17. The van der Waals surface area contributed by atoms with E-state index in [9.17, 15) is 18.0 Å². The van der Waals surface area contributed by atoms with E-state index in [-0.39, 0.29) is 17.9 Å². The summed E-state index contributed by atoms with van der Waals surface area (Å²) in [6.45, 7) is 8.94. The third-order valence-electron chi connectivity index (χ3n) is 6.15. The number of halogens is 3. The van der Waals surface area contributed by atoms with Crippen molar-refractivity contribution < 1.29 is 22.7 Å². The van der Waals surface area contributed by atoms with E-state index in [1.807, 2.05) is 20.8 Å². The lowest BCUT2D eigenvalue weighted by Crippen LogP contribution is -2.75. The van der Waals surface area contributed by atoms with Gasteiger partial charge in [-0.1, -0.05) is 20.8 Å². The number of hydrogen-bond acceptors (Lipinski definition) is 4. The second-order valence-electron chi connectivity index (χ2n) is 8.19. The van der Waals surface area contributed by atoms with Gasteiger partial charge in [0.1, 0.15) is 5.54 Å². The highest BCUT2D eigenvalue weighted by molar-refractivity contribution is 5.89. The average molecular weight is 379 g/mol. The predicted octanol–water partition coefficient (Wildman–Crippen LogP) is 2.25. The maximum absolute atomic E-state index is 13.0. The third kappa shape index (κ3) is 4.17. The van der Waals surface area contributed by atoms with E-state index in [1.165, 1.54) is 4.90 Å². The van der Waals surface area contributed by atoms with Gasteiger partial charge >= 0.3 is 6.18 Å². The summed E-state index contributed by atoms with van der Waals surface area (Å²) in [5.41, 5.74) is 5.04. The molecule has 0 radical (unpaired) electrons. The van der Waals surface area contributed by atoms with Gasteiger partial charge in [0.15, 0.2) is 0 Å². The van der Waals surface area contributed by atoms with E-state index in [0.717, 1.165) is 0 Å². The van der Waals surface area contributed by atoms with Gasteiger partial charge in [-0.15, -0.1) is 0 Å². The van der Waals surface area contributed by atoms with Crippen LogP contribution in [-0.4, -0.2) is 72.9 Å². The molecular formula is C18H32F3N3O2. The van der Waals surface area contributed by atoms with Crippen molar-refractivity contribution in [3.05, 3.63) is 0 Å². The molecule has 1 amide bonds.